The van der Waals surface area contributed by atoms with Gasteiger partial charge >= 0.3 is 5.97 Å². The van der Waals surface area contributed by atoms with Crippen LogP contribution < -0.4 is 0 Å². The third-order valence-electron chi connectivity index (χ3n) is 7.47. The number of aliphatic hydroxyl groups excluding tert-OH is 1. The van der Waals surface area contributed by atoms with Crippen LogP contribution in [0.3, 0.4) is 0 Å². The summed E-state index contributed by atoms with van der Waals surface area (Å²) in [4.78, 5) is 12.3. The SMILES string of the molecule is CCCCCCCCC(CCCCCC)COC(=O)CCCCCCCCC(O)CCCCCC. The lowest BCUT2D eigenvalue weighted by atomic mass is 9.95. The molecule has 0 spiro atoms. The molecular formula is C32H64O3. The van der Waals surface area contributed by atoms with E-state index in [2.05, 4.69) is 20.8 Å². The summed E-state index contributed by atoms with van der Waals surface area (Å²) in [5.41, 5.74) is 0. The number of carbonyl (C=O) groups is 1. The van der Waals surface area contributed by atoms with Gasteiger partial charge in [-0.3, -0.25) is 4.79 Å². The second kappa shape index (κ2) is 28.0. The summed E-state index contributed by atoms with van der Waals surface area (Å²) in [7, 11) is 0. The van der Waals surface area contributed by atoms with Crippen LogP contribution in [0.2, 0.25) is 0 Å². The van der Waals surface area contributed by atoms with E-state index in [0.29, 0.717) is 18.9 Å². The van der Waals surface area contributed by atoms with Crippen LogP contribution in [0.4, 0.5) is 0 Å². The van der Waals surface area contributed by atoms with Crippen molar-refractivity contribution in [3.63, 3.8) is 0 Å². The van der Waals surface area contributed by atoms with E-state index in [-0.39, 0.29) is 12.1 Å². The second-order valence-electron chi connectivity index (χ2n) is 11.1. The number of aliphatic hydroxyl groups is 1. The van der Waals surface area contributed by atoms with E-state index < -0.39 is 0 Å². The first kappa shape index (κ1) is 34.4. The zero-order valence-electron chi connectivity index (χ0n) is 24.3. The number of hydrogen-bond acceptors (Lipinski definition) is 3. The highest BCUT2D eigenvalue weighted by Crippen LogP contribution is 2.20. The lowest BCUT2D eigenvalue weighted by molar-refractivity contribution is -0.145. The molecule has 0 aliphatic carbocycles. The van der Waals surface area contributed by atoms with Gasteiger partial charge in [0.05, 0.1) is 12.7 Å². The predicted molar refractivity (Wildman–Crippen MR) is 153 cm³/mol. The fourth-order valence-electron chi connectivity index (χ4n) is 4.97. The summed E-state index contributed by atoms with van der Waals surface area (Å²) in [6, 6.07) is 0. The van der Waals surface area contributed by atoms with Crippen molar-refractivity contribution in [2.45, 2.75) is 187 Å². The Hall–Kier alpha value is -0.570. The van der Waals surface area contributed by atoms with Crippen molar-refractivity contribution in [2.24, 2.45) is 5.92 Å². The molecule has 0 aromatic carbocycles. The van der Waals surface area contributed by atoms with Crippen molar-refractivity contribution in [1.82, 2.24) is 0 Å². The number of esters is 1. The fourth-order valence-corrected chi connectivity index (χ4v) is 4.97. The number of hydrogen-bond donors (Lipinski definition) is 1. The van der Waals surface area contributed by atoms with E-state index in [1.165, 1.54) is 122 Å². The minimum atomic E-state index is -0.0989. The van der Waals surface area contributed by atoms with Crippen molar-refractivity contribution >= 4 is 5.97 Å². The van der Waals surface area contributed by atoms with Gasteiger partial charge in [-0.1, -0.05) is 143 Å². The molecule has 2 atom stereocenters. The summed E-state index contributed by atoms with van der Waals surface area (Å²) in [5.74, 6) is 0.571. The lowest BCUT2D eigenvalue weighted by Crippen LogP contribution is -2.14. The molecule has 0 radical (unpaired) electrons. The molecule has 0 aromatic rings. The molecule has 0 fully saturated rings. The van der Waals surface area contributed by atoms with Crippen molar-refractivity contribution in [1.29, 1.82) is 0 Å². The molecule has 1 N–H and O–H groups in total. The molecule has 0 heterocycles. The smallest absolute Gasteiger partial charge is 0.305 e. The first-order valence-electron chi connectivity index (χ1n) is 16.0. The number of ether oxygens (including phenoxy) is 1. The van der Waals surface area contributed by atoms with E-state index in [1.54, 1.807) is 0 Å². The van der Waals surface area contributed by atoms with Gasteiger partial charge in [-0.25, -0.2) is 0 Å². The van der Waals surface area contributed by atoms with Gasteiger partial charge in [0.2, 0.25) is 0 Å². The standard InChI is InChI=1S/C32H64O3/c1-4-7-10-13-16-20-25-30(24-19-11-8-5-2)29-35-32(34)28-23-18-15-14-17-22-27-31(33)26-21-12-9-6-3/h30-31,33H,4-29H2,1-3H3. The summed E-state index contributed by atoms with van der Waals surface area (Å²) in [5, 5.41) is 10.1. The van der Waals surface area contributed by atoms with Crippen molar-refractivity contribution in [3.8, 4) is 0 Å². The highest BCUT2D eigenvalue weighted by molar-refractivity contribution is 5.69. The van der Waals surface area contributed by atoms with Gasteiger partial charge in [0.1, 0.15) is 0 Å². The van der Waals surface area contributed by atoms with Crippen LogP contribution >= 0.6 is 0 Å². The third kappa shape index (κ3) is 26.3. The maximum absolute atomic E-state index is 12.3. The molecule has 0 saturated heterocycles. The molecule has 210 valence electrons. The van der Waals surface area contributed by atoms with Crippen LogP contribution in [0.5, 0.6) is 0 Å². The molecule has 3 nitrogen and oxygen atoms in total. The van der Waals surface area contributed by atoms with E-state index in [0.717, 1.165) is 32.1 Å². The maximum atomic E-state index is 12.3. The van der Waals surface area contributed by atoms with Gasteiger partial charge in [-0.15, -0.1) is 0 Å². The predicted octanol–water partition coefficient (Wildman–Crippen LogP) is 10.3. The molecular weight excluding hydrogens is 432 g/mol. The van der Waals surface area contributed by atoms with Crippen molar-refractivity contribution < 1.29 is 14.6 Å². The van der Waals surface area contributed by atoms with Gasteiger partial charge in [0, 0.05) is 6.42 Å². The Balaban J connectivity index is 3.78. The highest BCUT2D eigenvalue weighted by Gasteiger charge is 2.12. The molecule has 0 aliphatic heterocycles. The Morgan fingerprint density at radius 3 is 1.40 bits per heavy atom. The van der Waals surface area contributed by atoms with Crippen LogP contribution in [0.15, 0.2) is 0 Å². The van der Waals surface area contributed by atoms with E-state index in [9.17, 15) is 9.90 Å². The average Bonchev–Trinajstić information content (AvgIpc) is 2.86. The molecule has 0 amide bonds. The molecule has 0 aliphatic rings. The Kier molecular flexibility index (Phi) is 27.6. The first-order chi connectivity index (χ1) is 17.1. The number of rotatable bonds is 28. The van der Waals surface area contributed by atoms with Crippen molar-refractivity contribution in [3.05, 3.63) is 0 Å². The number of unbranched alkanes of at least 4 members (excludes halogenated alkanes) is 16. The van der Waals surface area contributed by atoms with Crippen LogP contribution in [-0.2, 0) is 9.53 Å². The summed E-state index contributed by atoms with van der Waals surface area (Å²) in [6.45, 7) is 7.39. The molecule has 0 rings (SSSR count). The Morgan fingerprint density at radius 2 is 0.914 bits per heavy atom. The normalized spacial score (nSPS) is 13.1. The maximum Gasteiger partial charge on any atom is 0.305 e. The highest BCUT2D eigenvalue weighted by atomic mass is 16.5. The summed E-state index contributed by atoms with van der Waals surface area (Å²) < 4.78 is 5.71. The van der Waals surface area contributed by atoms with E-state index in [4.69, 9.17) is 4.74 Å². The number of carbonyl (C=O) groups excluding carboxylic acids is 1. The monoisotopic (exact) mass is 496 g/mol. The minimum absolute atomic E-state index is 0.0118. The Labute approximate surface area is 220 Å². The van der Waals surface area contributed by atoms with Gasteiger partial charge in [0.15, 0.2) is 0 Å². The Bertz CT molecular complexity index is 423. The molecule has 35 heavy (non-hydrogen) atoms. The van der Waals surface area contributed by atoms with Crippen molar-refractivity contribution in [2.75, 3.05) is 6.61 Å². The van der Waals surface area contributed by atoms with Gasteiger partial charge in [-0.05, 0) is 38.0 Å². The van der Waals surface area contributed by atoms with E-state index in [1.807, 2.05) is 0 Å². The Morgan fingerprint density at radius 1 is 0.543 bits per heavy atom. The second-order valence-corrected chi connectivity index (χ2v) is 11.1. The van der Waals surface area contributed by atoms with Crippen LogP contribution in [-0.4, -0.2) is 23.8 Å². The first-order valence-corrected chi connectivity index (χ1v) is 16.0. The van der Waals surface area contributed by atoms with Crippen LogP contribution in [0, 0.1) is 5.92 Å². The van der Waals surface area contributed by atoms with Gasteiger partial charge in [-0.2, -0.15) is 0 Å². The molecule has 0 saturated carbocycles. The zero-order valence-corrected chi connectivity index (χ0v) is 24.3. The topological polar surface area (TPSA) is 46.5 Å². The quantitative estimate of drug-likeness (QED) is 0.0865. The molecule has 0 aromatic heterocycles. The molecule has 0 bridgehead atoms. The summed E-state index contributed by atoms with van der Waals surface area (Å²) >= 11 is 0. The summed E-state index contributed by atoms with van der Waals surface area (Å²) in [6.07, 6.45) is 29.8. The van der Waals surface area contributed by atoms with E-state index >= 15 is 0 Å². The largest absolute Gasteiger partial charge is 0.465 e. The molecule has 2 unspecified atom stereocenters. The minimum Gasteiger partial charge on any atom is -0.465 e. The van der Waals surface area contributed by atoms with Gasteiger partial charge in [0.25, 0.3) is 0 Å². The molecule has 3 heteroatoms. The lowest BCUT2D eigenvalue weighted by Gasteiger charge is -2.17. The zero-order chi connectivity index (χ0) is 25.8. The third-order valence-corrected chi connectivity index (χ3v) is 7.47. The fraction of sp³-hybridized carbons (Fsp3) is 0.969. The van der Waals surface area contributed by atoms with Gasteiger partial charge < -0.3 is 9.84 Å². The van der Waals surface area contributed by atoms with Crippen LogP contribution in [0.1, 0.15) is 181 Å². The van der Waals surface area contributed by atoms with Crippen LogP contribution in [0.25, 0.3) is 0 Å². The average molecular weight is 497 g/mol.